The number of benzene rings is 2. The molecule has 0 aliphatic carbocycles. The standard InChI is InChI=1S/C24H23ClN6O4S2/c1-31-20(11-26-22(33)15-6-9-18(34-2)19(10-15)35-3)29-30-24(31)37-13-21(32)28-23-27-17(12-36-23)14-4-7-16(25)8-5-14/h4-10,12H,11,13H2,1-3H3,(H,26,33)(H,27,28,32). The quantitative estimate of drug-likeness (QED) is 0.277. The van der Waals surface area contributed by atoms with Crippen LogP contribution in [0.3, 0.4) is 0 Å². The minimum Gasteiger partial charge on any atom is -0.493 e. The van der Waals surface area contributed by atoms with Crippen LogP contribution in [0.5, 0.6) is 11.5 Å². The third kappa shape index (κ3) is 6.59. The van der Waals surface area contributed by atoms with Gasteiger partial charge < -0.3 is 24.7 Å². The van der Waals surface area contributed by atoms with Crippen LogP contribution in [0, 0.1) is 0 Å². The summed E-state index contributed by atoms with van der Waals surface area (Å²) in [5.74, 6) is 1.16. The number of nitrogens with one attached hydrogen (secondary N) is 2. The smallest absolute Gasteiger partial charge is 0.251 e. The van der Waals surface area contributed by atoms with Gasteiger partial charge in [0.25, 0.3) is 5.91 Å². The molecule has 0 aliphatic heterocycles. The third-order valence-corrected chi connectivity index (χ3v) is 7.23. The minimum absolute atomic E-state index is 0.125. The van der Waals surface area contributed by atoms with Crippen molar-refractivity contribution in [2.75, 3.05) is 25.3 Å². The molecule has 4 rings (SSSR count). The summed E-state index contributed by atoms with van der Waals surface area (Å²) in [6.45, 7) is 0.163. The number of halogens is 1. The van der Waals surface area contributed by atoms with Crippen LogP contribution in [0.4, 0.5) is 5.13 Å². The molecule has 0 radical (unpaired) electrons. The first-order chi connectivity index (χ1) is 17.9. The summed E-state index contributed by atoms with van der Waals surface area (Å²) in [5, 5.41) is 17.5. The largest absolute Gasteiger partial charge is 0.493 e. The van der Waals surface area contributed by atoms with Crippen molar-refractivity contribution in [3.05, 3.63) is 64.3 Å². The fourth-order valence-electron chi connectivity index (χ4n) is 3.23. The van der Waals surface area contributed by atoms with Gasteiger partial charge in [0.2, 0.25) is 5.91 Å². The van der Waals surface area contributed by atoms with Crippen molar-refractivity contribution in [2.45, 2.75) is 11.7 Å². The fourth-order valence-corrected chi connectivity index (χ4v) is 4.83. The van der Waals surface area contributed by atoms with Gasteiger partial charge in [-0.3, -0.25) is 9.59 Å². The highest BCUT2D eigenvalue weighted by Gasteiger charge is 2.15. The number of rotatable bonds is 10. The molecule has 4 aromatic rings. The first kappa shape index (κ1) is 26.5. The Morgan fingerprint density at radius 1 is 1.08 bits per heavy atom. The molecule has 2 heterocycles. The number of thioether (sulfide) groups is 1. The maximum atomic E-state index is 12.6. The lowest BCUT2D eigenvalue weighted by Gasteiger charge is -2.10. The zero-order valence-electron chi connectivity index (χ0n) is 20.1. The Labute approximate surface area is 226 Å². The predicted octanol–water partition coefficient (Wildman–Crippen LogP) is 4.27. The summed E-state index contributed by atoms with van der Waals surface area (Å²) in [4.78, 5) is 29.5. The fraction of sp³-hybridized carbons (Fsp3) is 0.208. The van der Waals surface area contributed by atoms with E-state index < -0.39 is 0 Å². The molecule has 192 valence electrons. The van der Waals surface area contributed by atoms with Gasteiger partial charge >= 0.3 is 0 Å². The first-order valence-electron chi connectivity index (χ1n) is 10.9. The summed E-state index contributed by atoms with van der Waals surface area (Å²) in [7, 11) is 4.81. The summed E-state index contributed by atoms with van der Waals surface area (Å²) in [5.41, 5.74) is 2.10. The van der Waals surface area contributed by atoms with Gasteiger partial charge in [0.1, 0.15) is 0 Å². The monoisotopic (exact) mass is 558 g/mol. The Hall–Kier alpha value is -3.61. The molecule has 0 saturated heterocycles. The summed E-state index contributed by atoms with van der Waals surface area (Å²) in [6, 6.07) is 12.3. The SMILES string of the molecule is COc1ccc(C(=O)NCc2nnc(SCC(=O)Nc3nc(-c4ccc(Cl)cc4)cs3)n2C)cc1OC. The van der Waals surface area contributed by atoms with Crippen LogP contribution >= 0.6 is 34.7 Å². The second-order valence-corrected chi connectivity index (χ2v) is 9.83. The molecule has 0 saturated carbocycles. The second kappa shape index (κ2) is 12.1. The zero-order chi connectivity index (χ0) is 26.4. The van der Waals surface area contributed by atoms with Crippen molar-refractivity contribution in [3.63, 3.8) is 0 Å². The van der Waals surface area contributed by atoms with Crippen molar-refractivity contribution >= 4 is 51.6 Å². The molecule has 0 aliphatic rings. The van der Waals surface area contributed by atoms with E-state index in [1.807, 2.05) is 17.5 Å². The highest BCUT2D eigenvalue weighted by atomic mass is 35.5. The van der Waals surface area contributed by atoms with Crippen molar-refractivity contribution in [2.24, 2.45) is 7.05 Å². The van der Waals surface area contributed by atoms with E-state index in [4.69, 9.17) is 21.1 Å². The van der Waals surface area contributed by atoms with E-state index in [9.17, 15) is 9.59 Å². The van der Waals surface area contributed by atoms with Gasteiger partial charge in [-0.05, 0) is 30.3 Å². The van der Waals surface area contributed by atoms with Gasteiger partial charge in [0.05, 0.1) is 32.2 Å². The number of ether oxygens (including phenoxy) is 2. The van der Waals surface area contributed by atoms with E-state index in [2.05, 4.69) is 25.8 Å². The number of methoxy groups -OCH3 is 2. The van der Waals surface area contributed by atoms with Gasteiger partial charge in [0.15, 0.2) is 27.6 Å². The molecule has 0 fully saturated rings. The van der Waals surface area contributed by atoms with Crippen LogP contribution in [0.1, 0.15) is 16.2 Å². The van der Waals surface area contributed by atoms with Crippen LogP contribution in [0.15, 0.2) is 53.0 Å². The average Bonchev–Trinajstić information content (AvgIpc) is 3.52. The van der Waals surface area contributed by atoms with Crippen molar-refractivity contribution in [3.8, 4) is 22.8 Å². The van der Waals surface area contributed by atoms with Gasteiger partial charge in [-0.2, -0.15) is 0 Å². The van der Waals surface area contributed by atoms with Crippen molar-refractivity contribution in [1.29, 1.82) is 0 Å². The lowest BCUT2D eigenvalue weighted by Crippen LogP contribution is -2.24. The van der Waals surface area contributed by atoms with Gasteiger partial charge in [0, 0.05) is 28.6 Å². The van der Waals surface area contributed by atoms with Crippen LogP contribution in [-0.2, 0) is 18.4 Å². The number of nitrogens with zero attached hydrogens (tertiary/aromatic N) is 4. The number of carbonyl (C=O) groups is 2. The molecule has 37 heavy (non-hydrogen) atoms. The molecule has 2 amide bonds. The Morgan fingerprint density at radius 2 is 1.84 bits per heavy atom. The highest BCUT2D eigenvalue weighted by Crippen LogP contribution is 2.28. The highest BCUT2D eigenvalue weighted by molar-refractivity contribution is 7.99. The maximum Gasteiger partial charge on any atom is 0.251 e. The third-order valence-electron chi connectivity index (χ3n) is 5.20. The zero-order valence-corrected chi connectivity index (χ0v) is 22.5. The Kier molecular flexibility index (Phi) is 8.64. The number of thiazole rings is 1. The number of carbonyl (C=O) groups excluding carboxylic acids is 2. The molecule has 10 nitrogen and oxygen atoms in total. The topological polar surface area (TPSA) is 120 Å². The van der Waals surface area contributed by atoms with Gasteiger partial charge in [-0.1, -0.05) is 35.5 Å². The molecule has 0 spiro atoms. The molecule has 2 N–H and O–H groups in total. The molecular weight excluding hydrogens is 536 g/mol. The minimum atomic E-state index is -0.293. The summed E-state index contributed by atoms with van der Waals surface area (Å²) >= 11 is 8.51. The van der Waals surface area contributed by atoms with Crippen LogP contribution in [0.2, 0.25) is 5.02 Å². The van der Waals surface area contributed by atoms with E-state index in [1.165, 1.54) is 37.3 Å². The van der Waals surface area contributed by atoms with E-state index in [0.29, 0.717) is 38.2 Å². The lowest BCUT2D eigenvalue weighted by atomic mass is 10.2. The normalized spacial score (nSPS) is 10.7. The first-order valence-corrected chi connectivity index (χ1v) is 13.1. The Morgan fingerprint density at radius 3 is 2.57 bits per heavy atom. The number of amides is 2. The number of anilines is 1. The van der Waals surface area contributed by atoms with Crippen LogP contribution < -0.4 is 20.1 Å². The van der Waals surface area contributed by atoms with E-state index in [1.54, 1.807) is 41.9 Å². The average molecular weight is 559 g/mol. The molecule has 0 unspecified atom stereocenters. The molecule has 2 aromatic carbocycles. The molecule has 2 aromatic heterocycles. The molecular formula is C24H23ClN6O4S2. The van der Waals surface area contributed by atoms with Gasteiger partial charge in [-0.25, -0.2) is 4.98 Å². The second-order valence-electron chi connectivity index (χ2n) is 7.59. The van der Waals surface area contributed by atoms with Crippen molar-refractivity contribution < 1.29 is 19.1 Å². The molecule has 0 bridgehead atoms. The Bertz CT molecular complexity index is 1410. The van der Waals surface area contributed by atoms with E-state index in [-0.39, 0.29) is 24.1 Å². The number of aromatic nitrogens is 4. The van der Waals surface area contributed by atoms with Gasteiger partial charge in [-0.15, -0.1) is 21.5 Å². The maximum absolute atomic E-state index is 12.6. The number of hydrogen-bond donors (Lipinski definition) is 2. The molecule has 0 atom stereocenters. The van der Waals surface area contributed by atoms with Crippen LogP contribution in [0.25, 0.3) is 11.3 Å². The predicted molar refractivity (Wildman–Crippen MR) is 144 cm³/mol. The van der Waals surface area contributed by atoms with Crippen molar-refractivity contribution in [1.82, 2.24) is 25.1 Å². The number of hydrogen-bond acceptors (Lipinski definition) is 9. The summed E-state index contributed by atoms with van der Waals surface area (Å²) < 4.78 is 12.2. The molecule has 13 heteroatoms. The van der Waals surface area contributed by atoms with E-state index in [0.717, 1.165) is 11.3 Å². The lowest BCUT2D eigenvalue weighted by molar-refractivity contribution is -0.113. The Balaban J connectivity index is 1.29. The van der Waals surface area contributed by atoms with Crippen LogP contribution in [-0.4, -0.2) is 51.5 Å². The summed E-state index contributed by atoms with van der Waals surface area (Å²) in [6.07, 6.45) is 0. The van der Waals surface area contributed by atoms with E-state index >= 15 is 0 Å².